The van der Waals surface area contributed by atoms with Crippen LogP contribution in [0.4, 0.5) is 17.1 Å². The molecule has 0 N–H and O–H groups in total. The molecule has 13 aromatic rings. The molecule has 4 heteroatoms. The Morgan fingerprint density at radius 2 is 0.857 bits per heavy atom. The van der Waals surface area contributed by atoms with Crippen LogP contribution < -0.4 is 4.90 Å². The molecule has 0 radical (unpaired) electrons. The van der Waals surface area contributed by atoms with Crippen molar-refractivity contribution in [2.24, 2.45) is 0 Å². The Morgan fingerprint density at radius 3 is 1.53 bits per heavy atom. The number of furan rings is 3. The Morgan fingerprint density at radius 1 is 0.351 bits per heavy atom. The Hall–Kier alpha value is -8.60. The Bertz CT molecular complexity index is 4750. The molecule has 0 fully saturated rings. The first-order valence-corrected chi connectivity index (χ1v) is 27.3. The maximum absolute atomic E-state index is 7.02. The number of para-hydroxylation sites is 3. The van der Waals surface area contributed by atoms with Crippen LogP contribution in [0.15, 0.2) is 195 Å². The quantitative estimate of drug-likeness (QED) is 0.176. The van der Waals surface area contributed by atoms with Crippen molar-refractivity contribution < 1.29 is 13.3 Å². The average Bonchev–Trinajstić information content (AvgIpc) is 4.43. The van der Waals surface area contributed by atoms with Crippen LogP contribution in [0, 0.1) is 0 Å². The van der Waals surface area contributed by atoms with Crippen molar-refractivity contribution >= 4 is 82.9 Å². The normalized spacial score (nSPS) is 15.4. The lowest BCUT2D eigenvalue weighted by atomic mass is 9.72. The van der Waals surface area contributed by atoms with Crippen LogP contribution in [0.1, 0.15) is 101 Å². The SMILES string of the molecule is CC(C)(C)c1ccc(N(c2ccc3c(c2)C(C)(C)c2cc(-c4ccc5c(c4)oc4ccccc45)c4oc5ccccc5c4c2-3)c2ccc3c(c2)C(C)(C)c2c4c(c5oc6ccccc6c5c2-3)-c2ccccc2C4(C)C)cc1. The van der Waals surface area contributed by atoms with E-state index >= 15 is 0 Å². The van der Waals surface area contributed by atoms with Gasteiger partial charge >= 0.3 is 0 Å². The zero-order chi connectivity index (χ0) is 52.2. The third-order valence-electron chi connectivity index (χ3n) is 18.4. The second kappa shape index (κ2) is 14.9. The highest BCUT2D eigenvalue weighted by Gasteiger charge is 2.49. The van der Waals surface area contributed by atoms with Crippen molar-refractivity contribution in [1.82, 2.24) is 0 Å². The van der Waals surface area contributed by atoms with Crippen molar-refractivity contribution in [3.63, 3.8) is 0 Å². The number of anilines is 3. The fourth-order valence-electron chi connectivity index (χ4n) is 14.5. The summed E-state index contributed by atoms with van der Waals surface area (Å²) < 4.78 is 20.5. The first-order valence-electron chi connectivity index (χ1n) is 27.3. The van der Waals surface area contributed by atoms with Crippen LogP contribution in [0.25, 0.3) is 110 Å². The molecule has 4 nitrogen and oxygen atoms in total. The molecule has 0 unspecified atom stereocenters. The highest BCUT2D eigenvalue weighted by Crippen LogP contribution is 2.64. The molecule has 3 heterocycles. The lowest BCUT2D eigenvalue weighted by molar-refractivity contribution is 0.590. The zero-order valence-corrected chi connectivity index (χ0v) is 45.0. The minimum atomic E-state index is -0.363. The summed E-state index contributed by atoms with van der Waals surface area (Å²) in [6, 6.07) is 67.2. The van der Waals surface area contributed by atoms with Crippen LogP contribution in [-0.2, 0) is 21.7 Å². The van der Waals surface area contributed by atoms with Crippen molar-refractivity contribution in [2.75, 3.05) is 4.90 Å². The van der Waals surface area contributed by atoms with Gasteiger partial charge in [-0.1, -0.05) is 172 Å². The molecular formula is C73H57NO3. The maximum Gasteiger partial charge on any atom is 0.144 e. The summed E-state index contributed by atoms with van der Waals surface area (Å²) in [6.07, 6.45) is 0. The van der Waals surface area contributed by atoms with Crippen molar-refractivity contribution in [3.05, 3.63) is 221 Å². The first kappa shape index (κ1) is 44.7. The molecule has 3 aliphatic rings. The van der Waals surface area contributed by atoms with Gasteiger partial charge < -0.3 is 18.2 Å². The van der Waals surface area contributed by atoms with E-state index in [2.05, 4.69) is 237 Å². The van der Waals surface area contributed by atoms with Gasteiger partial charge in [0, 0.05) is 76.8 Å². The van der Waals surface area contributed by atoms with Gasteiger partial charge in [-0.2, -0.15) is 0 Å². The van der Waals surface area contributed by atoms with E-state index in [0.29, 0.717) is 0 Å². The molecule has 0 aliphatic heterocycles. The lowest BCUT2D eigenvalue weighted by Crippen LogP contribution is -2.24. The van der Waals surface area contributed by atoms with Crippen LogP contribution in [-0.4, -0.2) is 0 Å². The van der Waals surface area contributed by atoms with Gasteiger partial charge in [0.25, 0.3) is 0 Å². The molecule has 0 bridgehead atoms. The molecule has 77 heavy (non-hydrogen) atoms. The van der Waals surface area contributed by atoms with Crippen LogP contribution in [0.2, 0.25) is 0 Å². The van der Waals surface area contributed by atoms with Crippen LogP contribution in [0.5, 0.6) is 0 Å². The number of hydrogen-bond acceptors (Lipinski definition) is 4. The molecule has 16 rings (SSSR count). The fourth-order valence-corrected chi connectivity index (χ4v) is 14.5. The maximum atomic E-state index is 7.02. The van der Waals surface area contributed by atoms with E-state index in [1.807, 2.05) is 12.1 Å². The third-order valence-corrected chi connectivity index (χ3v) is 18.4. The average molecular weight is 996 g/mol. The second-order valence-corrected chi connectivity index (χ2v) is 24.8. The molecule has 3 aromatic heterocycles. The van der Waals surface area contributed by atoms with Gasteiger partial charge in [-0.05, 0) is 151 Å². The largest absolute Gasteiger partial charge is 0.456 e. The lowest BCUT2D eigenvalue weighted by Gasteiger charge is -2.32. The molecule has 372 valence electrons. The first-order chi connectivity index (χ1) is 37.1. The molecule has 0 amide bonds. The number of benzene rings is 10. The van der Waals surface area contributed by atoms with E-state index in [4.69, 9.17) is 13.3 Å². The summed E-state index contributed by atoms with van der Waals surface area (Å²) in [5.74, 6) is 0. The van der Waals surface area contributed by atoms with Gasteiger partial charge in [0.1, 0.15) is 33.5 Å². The highest BCUT2D eigenvalue weighted by atomic mass is 16.3. The Kier molecular flexibility index (Phi) is 8.62. The van der Waals surface area contributed by atoms with E-state index in [-0.39, 0.29) is 21.7 Å². The number of nitrogens with zero attached hydrogens (tertiary/aromatic N) is 1. The van der Waals surface area contributed by atoms with E-state index < -0.39 is 0 Å². The van der Waals surface area contributed by atoms with E-state index in [9.17, 15) is 0 Å². The van der Waals surface area contributed by atoms with Crippen molar-refractivity contribution in [2.45, 2.75) is 84.0 Å². The molecular weight excluding hydrogens is 939 g/mol. The topological polar surface area (TPSA) is 42.7 Å². The standard InChI is InChI=1S/C73H57NO3/c1-70(2,3)41-27-29-42(30-28-41)74(44-32-35-49-55(38-44)73(8,9)66-62(49)64-51-21-13-17-25-59(51)77-69(64)65-47-19-10-14-22-53(47)72(6,7)67(65)66)43-31-34-48-54(37-43)71(4,5)56-39-52(68-63(61(48)56)50-20-12-16-24-58(50)76-68)40-26-33-46-45-18-11-15-23-57(45)75-60(46)36-40/h10-39H,1-9H3. The van der Waals surface area contributed by atoms with Crippen molar-refractivity contribution in [1.29, 1.82) is 0 Å². The van der Waals surface area contributed by atoms with Gasteiger partial charge in [-0.15, -0.1) is 0 Å². The highest BCUT2D eigenvalue weighted by molar-refractivity contribution is 6.22. The number of rotatable bonds is 4. The minimum absolute atomic E-state index is 0.00560. The summed E-state index contributed by atoms with van der Waals surface area (Å²) >= 11 is 0. The molecule has 0 saturated heterocycles. The second-order valence-electron chi connectivity index (χ2n) is 24.8. The van der Waals surface area contributed by atoms with E-state index in [1.54, 1.807) is 0 Å². The fraction of sp³-hybridized carbons (Fsp3) is 0.178. The van der Waals surface area contributed by atoms with Crippen LogP contribution >= 0.6 is 0 Å². The molecule has 0 atom stereocenters. The minimum Gasteiger partial charge on any atom is -0.456 e. The molecule has 10 aromatic carbocycles. The van der Waals surface area contributed by atoms with Gasteiger partial charge in [-0.3, -0.25) is 0 Å². The molecule has 0 spiro atoms. The van der Waals surface area contributed by atoms with Gasteiger partial charge in [0.05, 0.1) is 0 Å². The monoisotopic (exact) mass is 995 g/mol. The predicted octanol–water partition coefficient (Wildman–Crippen LogP) is 20.7. The van der Waals surface area contributed by atoms with E-state index in [0.717, 1.165) is 83.2 Å². The Balaban J connectivity index is 0.899. The third kappa shape index (κ3) is 5.83. The number of fused-ring (bicyclic) bond motifs is 22. The molecule has 0 saturated carbocycles. The summed E-state index contributed by atoms with van der Waals surface area (Å²) in [7, 11) is 0. The van der Waals surface area contributed by atoms with Gasteiger partial charge in [-0.25, -0.2) is 0 Å². The predicted molar refractivity (Wildman–Crippen MR) is 320 cm³/mol. The summed E-state index contributed by atoms with van der Waals surface area (Å²) in [5, 5.41) is 6.90. The summed E-state index contributed by atoms with van der Waals surface area (Å²) in [6.45, 7) is 21.4. The van der Waals surface area contributed by atoms with Crippen LogP contribution in [0.3, 0.4) is 0 Å². The number of hydrogen-bond donors (Lipinski definition) is 0. The Labute approximate surface area is 448 Å². The smallest absolute Gasteiger partial charge is 0.144 e. The zero-order valence-electron chi connectivity index (χ0n) is 45.0. The van der Waals surface area contributed by atoms with E-state index in [1.165, 1.54) is 83.1 Å². The summed E-state index contributed by atoms with van der Waals surface area (Å²) in [5.41, 5.74) is 27.0. The summed E-state index contributed by atoms with van der Waals surface area (Å²) in [4.78, 5) is 2.50. The molecule has 3 aliphatic carbocycles. The van der Waals surface area contributed by atoms with Gasteiger partial charge in [0.2, 0.25) is 0 Å². The van der Waals surface area contributed by atoms with Crippen molar-refractivity contribution in [3.8, 4) is 44.5 Å². The van der Waals surface area contributed by atoms with Gasteiger partial charge in [0.15, 0.2) is 0 Å².